The highest BCUT2D eigenvalue weighted by molar-refractivity contribution is 6.17. The van der Waals surface area contributed by atoms with E-state index in [1.165, 1.54) is 25.7 Å². The van der Waals surface area contributed by atoms with Crippen molar-refractivity contribution in [3.8, 4) is 0 Å². The van der Waals surface area contributed by atoms with Crippen LogP contribution in [-0.4, -0.2) is 18.5 Å². The molecule has 1 atom stereocenters. The van der Waals surface area contributed by atoms with E-state index in [4.69, 9.17) is 11.6 Å². The summed E-state index contributed by atoms with van der Waals surface area (Å²) in [5.74, 6) is 0.754. The van der Waals surface area contributed by atoms with Crippen molar-refractivity contribution in [2.24, 2.45) is 5.41 Å². The number of hydrogen-bond acceptors (Lipinski definition) is 1. The number of halogens is 1. The molecule has 0 fully saturated rings. The van der Waals surface area contributed by atoms with Gasteiger partial charge in [0, 0.05) is 11.9 Å². The molecule has 1 N–H and O–H groups in total. The molecule has 0 aliphatic carbocycles. The Hall–Kier alpha value is 0.250. The molecule has 0 rings (SSSR count). The standard InChI is InChI=1S/C13H28ClN/c1-5-6-7-8-11-15-12(9-10-14)13(2,3)4/h12,15H,5-11H2,1-4H3. The Kier molecular flexibility index (Phi) is 8.55. The molecule has 0 spiro atoms. The van der Waals surface area contributed by atoms with Gasteiger partial charge in [-0.25, -0.2) is 0 Å². The first kappa shape index (κ1) is 15.2. The maximum absolute atomic E-state index is 5.82. The summed E-state index contributed by atoms with van der Waals surface area (Å²) in [7, 11) is 0. The summed E-state index contributed by atoms with van der Waals surface area (Å²) in [6.07, 6.45) is 6.38. The summed E-state index contributed by atoms with van der Waals surface area (Å²) in [6, 6.07) is 0.552. The van der Waals surface area contributed by atoms with Gasteiger partial charge in [-0.2, -0.15) is 0 Å². The minimum absolute atomic E-state index is 0.319. The van der Waals surface area contributed by atoms with Crippen LogP contribution in [0.25, 0.3) is 0 Å². The molecule has 0 aromatic heterocycles. The van der Waals surface area contributed by atoms with Crippen LogP contribution in [0.2, 0.25) is 0 Å². The van der Waals surface area contributed by atoms with Gasteiger partial charge in [0.25, 0.3) is 0 Å². The molecule has 1 unspecified atom stereocenters. The smallest absolute Gasteiger partial charge is 0.0238 e. The predicted molar refractivity (Wildman–Crippen MR) is 70.7 cm³/mol. The van der Waals surface area contributed by atoms with Crippen LogP contribution in [0.5, 0.6) is 0 Å². The quantitative estimate of drug-likeness (QED) is 0.490. The summed E-state index contributed by atoms with van der Waals surface area (Å²) in [6.45, 7) is 10.2. The summed E-state index contributed by atoms with van der Waals surface area (Å²) < 4.78 is 0. The summed E-state index contributed by atoms with van der Waals surface area (Å²) >= 11 is 5.82. The molecule has 0 saturated heterocycles. The van der Waals surface area contributed by atoms with E-state index in [2.05, 4.69) is 33.0 Å². The maximum Gasteiger partial charge on any atom is 0.0238 e. The van der Waals surface area contributed by atoms with Crippen LogP contribution in [0.4, 0.5) is 0 Å². The zero-order valence-corrected chi connectivity index (χ0v) is 11.7. The van der Waals surface area contributed by atoms with Crippen molar-refractivity contribution in [3.05, 3.63) is 0 Å². The second-order valence-electron chi connectivity index (χ2n) is 5.41. The molecular formula is C13H28ClN. The summed E-state index contributed by atoms with van der Waals surface area (Å²) in [5.41, 5.74) is 0.319. The van der Waals surface area contributed by atoms with Crippen molar-refractivity contribution in [3.63, 3.8) is 0 Å². The zero-order valence-electron chi connectivity index (χ0n) is 10.9. The highest BCUT2D eigenvalue weighted by Gasteiger charge is 2.22. The van der Waals surface area contributed by atoms with E-state index < -0.39 is 0 Å². The molecule has 0 aromatic rings. The van der Waals surface area contributed by atoms with E-state index in [0.717, 1.165) is 18.8 Å². The lowest BCUT2D eigenvalue weighted by atomic mass is 9.85. The van der Waals surface area contributed by atoms with Crippen LogP contribution >= 0.6 is 11.6 Å². The SMILES string of the molecule is CCCCCCNC(CCCl)C(C)(C)C. The van der Waals surface area contributed by atoms with Crippen LogP contribution in [0.1, 0.15) is 59.8 Å². The molecule has 0 amide bonds. The topological polar surface area (TPSA) is 12.0 Å². The number of nitrogens with one attached hydrogen (secondary N) is 1. The molecule has 0 aliphatic rings. The van der Waals surface area contributed by atoms with E-state index in [-0.39, 0.29) is 0 Å². The molecule has 92 valence electrons. The Morgan fingerprint density at radius 3 is 2.27 bits per heavy atom. The van der Waals surface area contributed by atoms with Crippen LogP contribution in [0.3, 0.4) is 0 Å². The Morgan fingerprint density at radius 2 is 1.80 bits per heavy atom. The number of rotatable bonds is 8. The Labute approximate surface area is 101 Å². The molecule has 15 heavy (non-hydrogen) atoms. The van der Waals surface area contributed by atoms with Gasteiger partial charge in [0.1, 0.15) is 0 Å². The lowest BCUT2D eigenvalue weighted by molar-refractivity contribution is 0.261. The molecular weight excluding hydrogens is 206 g/mol. The van der Waals surface area contributed by atoms with Crippen molar-refractivity contribution in [2.75, 3.05) is 12.4 Å². The second kappa shape index (κ2) is 8.41. The Bertz CT molecular complexity index is 140. The van der Waals surface area contributed by atoms with Crippen molar-refractivity contribution >= 4 is 11.6 Å². The lowest BCUT2D eigenvalue weighted by Gasteiger charge is -2.31. The normalized spacial score (nSPS) is 14.2. The monoisotopic (exact) mass is 233 g/mol. The number of alkyl halides is 1. The molecule has 0 saturated carbocycles. The van der Waals surface area contributed by atoms with Gasteiger partial charge in [0.15, 0.2) is 0 Å². The fourth-order valence-electron chi connectivity index (χ4n) is 1.78. The third-order valence-corrected chi connectivity index (χ3v) is 3.08. The minimum Gasteiger partial charge on any atom is -0.313 e. The van der Waals surface area contributed by atoms with Crippen LogP contribution < -0.4 is 5.32 Å². The molecule has 0 radical (unpaired) electrons. The van der Waals surface area contributed by atoms with E-state index in [1.807, 2.05) is 0 Å². The van der Waals surface area contributed by atoms with Gasteiger partial charge in [-0.1, -0.05) is 47.0 Å². The van der Waals surface area contributed by atoms with Crippen molar-refractivity contribution in [1.29, 1.82) is 0 Å². The fourth-order valence-corrected chi connectivity index (χ4v) is 2.00. The molecule has 0 aliphatic heterocycles. The van der Waals surface area contributed by atoms with Crippen molar-refractivity contribution < 1.29 is 0 Å². The summed E-state index contributed by atoms with van der Waals surface area (Å²) in [4.78, 5) is 0. The summed E-state index contributed by atoms with van der Waals surface area (Å²) in [5, 5.41) is 3.64. The van der Waals surface area contributed by atoms with Crippen molar-refractivity contribution in [2.45, 2.75) is 65.8 Å². The largest absolute Gasteiger partial charge is 0.313 e. The van der Waals surface area contributed by atoms with Gasteiger partial charge in [-0.05, 0) is 24.8 Å². The molecule has 2 heteroatoms. The van der Waals surface area contributed by atoms with Crippen LogP contribution in [0.15, 0.2) is 0 Å². The first-order valence-electron chi connectivity index (χ1n) is 6.31. The van der Waals surface area contributed by atoms with Gasteiger partial charge >= 0.3 is 0 Å². The highest BCUT2D eigenvalue weighted by atomic mass is 35.5. The molecule has 0 bridgehead atoms. The third-order valence-electron chi connectivity index (χ3n) is 2.86. The molecule has 0 heterocycles. The van der Waals surface area contributed by atoms with E-state index >= 15 is 0 Å². The fraction of sp³-hybridized carbons (Fsp3) is 1.00. The van der Waals surface area contributed by atoms with Gasteiger partial charge in [0.05, 0.1) is 0 Å². The van der Waals surface area contributed by atoms with Gasteiger partial charge in [-0.3, -0.25) is 0 Å². The average molecular weight is 234 g/mol. The Morgan fingerprint density at radius 1 is 1.13 bits per heavy atom. The number of unbranched alkanes of at least 4 members (excludes halogenated alkanes) is 3. The van der Waals surface area contributed by atoms with E-state index in [1.54, 1.807) is 0 Å². The van der Waals surface area contributed by atoms with Crippen LogP contribution in [0, 0.1) is 5.41 Å². The minimum atomic E-state index is 0.319. The van der Waals surface area contributed by atoms with Crippen LogP contribution in [-0.2, 0) is 0 Å². The van der Waals surface area contributed by atoms with E-state index in [0.29, 0.717) is 11.5 Å². The van der Waals surface area contributed by atoms with Gasteiger partial charge in [-0.15, -0.1) is 11.6 Å². The third kappa shape index (κ3) is 8.10. The highest BCUT2D eigenvalue weighted by Crippen LogP contribution is 2.22. The Balaban J connectivity index is 3.67. The zero-order chi connectivity index (χ0) is 11.7. The van der Waals surface area contributed by atoms with E-state index in [9.17, 15) is 0 Å². The average Bonchev–Trinajstić information content (AvgIpc) is 2.14. The number of hydrogen-bond donors (Lipinski definition) is 1. The first-order valence-corrected chi connectivity index (χ1v) is 6.85. The lowest BCUT2D eigenvalue weighted by Crippen LogP contribution is -2.41. The molecule has 1 nitrogen and oxygen atoms in total. The predicted octanol–water partition coefficient (Wildman–Crippen LogP) is 4.20. The first-order chi connectivity index (χ1) is 7.02. The molecule has 0 aromatic carbocycles. The second-order valence-corrected chi connectivity index (χ2v) is 5.79. The van der Waals surface area contributed by atoms with Gasteiger partial charge < -0.3 is 5.32 Å². The van der Waals surface area contributed by atoms with Crippen molar-refractivity contribution in [1.82, 2.24) is 5.32 Å². The van der Waals surface area contributed by atoms with Gasteiger partial charge in [0.2, 0.25) is 0 Å². The maximum atomic E-state index is 5.82.